The van der Waals surface area contributed by atoms with E-state index in [4.69, 9.17) is 0 Å². The Labute approximate surface area is 92.3 Å². The fraction of sp³-hybridized carbons (Fsp3) is 0.125. The number of aromatic nitrogens is 2. The summed E-state index contributed by atoms with van der Waals surface area (Å²) >= 11 is 3.63. The van der Waals surface area contributed by atoms with Gasteiger partial charge in [-0.15, -0.1) is 0 Å². The number of hydrogen-bond acceptors (Lipinski definition) is 4. The number of carbonyl (C=O) groups excluding carboxylic acids is 1. The minimum Gasteiger partial charge on any atom is -0.294 e. The molecule has 13 heavy (non-hydrogen) atoms. The van der Waals surface area contributed by atoms with Crippen LogP contribution in [0, 0.1) is 3.01 Å². The van der Waals surface area contributed by atoms with Gasteiger partial charge in [0.25, 0.3) is 0 Å². The van der Waals surface area contributed by atoms with Crippen molar-refractivity contribution in [2.75, 3.05) is 0 Å². The zero-order valence-electron chi connectivity index (χ0n) is 6.74. The predicted molar refractivity (Wildman–Crippen MR) is 60.1 cm³/mol. The molecule has 2 aromatic heterocycles. The Balaban J connectivity index is 2.82. The van der Waals surface area contributed by atoms with Gasteiger partial charge in [-0.3, -0.25) is 4.79 Å². The monoisotopic (exact) mass is 304 g/mol. The van der Waals surface area contributed by atoms with Crippen LogP contribution in [-0.4, -0.2) is 15.8 Å². The van der Waals surface area contributed by atoms with E-state index in [9.17, 15) is 4.79 Å². The summed E-state index contributed by atoms with van der Waals surface area (Å²) < 4.78 is 0.911. The van der Waals surface area contributed by atoms with E-state index in [1.807, 2.05) is 0 Å². The highest BCUT2D eigenvalue weighted by molar-refractivity contribution is 14.1. The Morgan fingerprint density at radius 2 is 2.38 bits per heavy atom. The van der Waals surface area contributed by atoms with Gasteiger partial charge in [-0.05, 0) is 35.6 Å². The van der Waals surface area contributed by atoms with Gasteiger partial charge >= 0.3 is 0 Å². The number of nitrogens with zero attached hydrogens (tertiary/aromatic N) is 2. The van der Waals surface area contributed by atoms with E-state index in [1.165, 1.54) is 11.3 Å². The largest absolute Gasteiger partial charge is 0.294 e. The van der Waals surface area contributed by atoms with Crippen LogP contribution in [0.4, 0.5) is 0 Å². The molecule has 0 fully saturated rings. The number of thiazole rings is 1. The van der Waals surface area contributed by atoms with Crippen molar-refractivity contribution in [3.63, 3.8) is 0 Å². The smallest absolute Gasteiger partial charge is 0.162 e. The molecule has 0 saturated heterocycles. The van der Waals surface area contributed by atoms with Crippen molar-refractivity contribution in [1.82, 2.24) is 9.97 Å². The van der Waals surface area contributed by atoms with Crippen LogP contribution in [-0.2, 0) is 0 Å². The van der Waals surface area contributed by atoms with Crippen molar-refractivity contribution in [3.8, 4) is 0 Å². The number of rotatable bonds is 1. The summed E-state index contributed by atoms with van der Waals surface area (Å²) in [6.45, 7) is 1.54. The lowest BCUT2D eigenvalue weighted by Gasteiger charge is -1.93. The normalized spacial score (nSPS) is 10.6. The quantitative estimate of drug-likeness (QED) is 0.600. The summed E-state index contributed by atoms with van der Waals surface area (Å²) in [6.07, 6.45) is 1.65. The summed E-state index contributed by atoms with van der Waals surface area (Å²) in [6, 6.07) is 1.71. The molecular weight excluding hydrogens is 299 g/mol. The van der Waals surface area contributed by atoms with Gasteiger partial charge < -0.3 is 0 Å². The first-order valence-electron chi connectivity index (χ1n) is 3.60. The molecule has 0 unspecified atom stereocenters. The van der Waals surface area contributed by atoms with E-state index < -0.39 is 0 Å². The fourth-order valence-electron chi connectivity index (χ4n) is 1.09. The standard InChI is InChI=1S/C8H5IN2OS/c1-4(12)5-2-3-10-7-6(5)11-8(9)13-7/h2-3H,1H3. The second kappa shape index (κ2) is 3.30. The maximum atomic E-state index is 11.2. The van der Waals surface area contributed by atoms with Crippen LogP contribution in [0.2, 0.25) is 0 Å². The highest BCUT2D eigenvalue weighted by Crippen LogP contribution is 2.23. The number of fused-ring (bicyclic) bond motifs is 1. The van der Waals surface area contributed by atoms with Crippen LogP contribution < -0.4 is 0 Å². The number of hydrogen-bond donors (Lipinski definition) is 0. The SMILES string of the molecule is CC(=O)c1ccnc2sc(I)nc12. The summed E-state index contributed by atoms with van der Waals surface area (Å²) in [4.78, 5) is 20.4. The predicted octanol–water partition coefficient (Wildman–Crippen LogP) is 2.50. The van der Waals surface area contributed by atoms with E-state index in [0.717, 1.165) is 13.4 Å². The topological polar surface area (TPSA) is 42.9 Å². The van der Waals surface area contributed by atoms with Crippen LogP contribution in [0.1, 0.15) is 17.3 Å². The van der Waals surface area contributed by atoms with E-state index in [-0.39, 0.29) is 5.78 Å². The Morgan fingerprint density at radius 3 is 3.08 bits per heavy atom. The van der Waals surface area contributed by atoms with Crippen LogP contribution in [0.15, 0.2) is 12.3 Å². The molecule has 0 amide bonds. The minimum atomic E-state index is 0.0362. The van der Waals surface area contributed by atoms with E-state index in [1.54, 1.807) is 19.2 Å². The molecule has 0 bridgehead atoms. The molecule has 2 heterocycles. The molecule has 0 aromatic carbocycles. The number of halogens is 1. The van der Waals surface area contributed by atoms with Gasteiger partial charge in [-0.1, -0.05) is 11.3 Å². The zero-order valence-corrected chi connectivity index (χ0v) is 9.72. The van der Waals surface area contributed by atoms with E-state index in [0.29, 0.717) is 5.56 Å². The molecule has 2 aromatic rings. The molecule has 0 N–H and O–H groups in total. The molecule has 3 nitrogen and oxygen atoms in total. The molecule has 0 aliphatic carbocycles. The lowest BCUT2D eigenvalue weighted by molar-refractivity contribution is 0.101. The van der Waals surface area contributed by atoms with Crippen LogP contribution in [0.3, 0.4) is 0 Å². The summed E-state index contributed by atoms with van der Waals surface area (Å²) in [5.74, 6) is 0.0362. The van der Waals surface area contributed by atoms with Gasteiger partial charge in [0.15, 0.2) is 8.80 Å². The van der Waals surface area contributed by atoms with E-state index >= 15 is 0 Å². The van der Waals surface area contributed by atoms with Crippen molar-refractivity contribution in [2.45, 2.75) is 6.92 Å². The first kappa shape index (κ1) is 9.01. The molecule has 0 aliphatic rings. The minimum absolute atomic E-state index is 0.0362. The molecule has 66 valence electrons. The highest BCUT2D eigenvalue weighted by atomic mass is 127. The summed E-state index contributed by atoms with van der Waals surface area (Å²) in [5.41, 5.74) is 1.38. The second-order valence-corrected chi connectivity index (χ2v) is 5.27. The Bertz CT molecular complexity index is 480. The third kappa shape index (κ3) is 1.58. The van der Waals surface area contributed by atoms with Gasteiger partial charge in [0.1, 0.15) is 10.3 Å². The zero-order chi connectivity index (χ0) is 9.42. The summed E-state index contributed by atoms with van der Waals surface area (Å²) in [5, 5.41) is 0. The molecule has 5 heteroatoms. The van der Waals surface area contributed by atoms with Crippen molar-refractivity contribution >= 4 is 50.1 Å². The molecular formula is C8H5IN2OS. The molecule has 0 aliphatic heterocycles. The highest BCUT2D eigenvalue weighted by Gasteiger charge is 2.10. The second-order valence-electron chi connectivity index (χ2n) is 2.54. The van der Waals surface area contributed by atoms with Gasteiger partial charge in [-0.25, -0.2) is 9.97 Å². The number of carbonyl (C=O) groups is 1. The Kier molecular flexibility index (Phi) is 2.29. The molecule has 0 radical (unpaired) electrons. The number of Topliss-reactive ketones (excluding diaryl/α,β-unsaturated/α-hetero) is 1. The van der Waals surface area contributed by atoms with E-state index in [2.05, 4.69) is 32.6 Å². The van der Waals surface area contributed by atoms with Crippen molar-refractivity contribution < 1.29 is 4.79 Å². The van der Waals surface area contributed by atoms with Gasteiger partial charge in [0, 0.05) is 11.8 Å². The van der Waals surface area contributed by atoms with Gasteiger partial charge in [-0.2, -0.15) is 0 Å². The molecule has 2 rings (SSSR count). The fourth-order valence-corrected chi connectivity index (χ4v) is 2.62. The van der Waals surface area contributed by atoms with Crippen molar-refractivity contribution in [2.24, 2.45) is 0 Å². The maximum Gasteiger partial charge on any atom is 0.162 e. The Morgan fingerprint density at radius 1 is 1.62 bits per heavy atom. The first-order valence-corrected chi connectivity index (χ1v) is 5.50. The average molecular weight is 304 g/mol. The van der Waals surface area contributed by atoms with Gasteiger partial charge in [0.2, 0.25) is 0 Å². The average Bonchev–Trinajstić information content (AvgIpc) is 2.43. The van der Waals surface area contributed by atoms with Crippen LogP contribution in [0.5, 0.6) is 0 Å². The van der Waals surface area contributed by atoms with Crippen LogP contribution >= 0.6 is 33.9 Å². The maximum absolute atomic E-state index is 11.2. The molecule has 0 atom stereocenters. The van der Waals surface area contributed by atoms with Crippen molar-refractivity contribution in [1.29, 1.82) is 0 Å². The lowest BCUT2D eigenvalue weighted by Crippen LogP contribution is -1.93. The van der Waals surface area contributed by atoms with Gasteiger partial charge in [0.05, 0.1) is 0 Å². The molecule has 0 saturated carbocycles. The molecule has 0 spiro atoms. The third-order valence-corrected chi connectivity index (χ3v) is 3.30. The third-order valence-electron chi connectivity index (χ3n) is 1.65. The summed E-state index contributed by atoms with van der Waals surface area (Å²) in [7, 11) is 0. The van der Waals surface area contributed by atoms with Crippen molar-refractivity contribution in [3.05, 3.63) is 20.8 Å². The van der Waals surface area contributed by atoms with Crippen LogP contribution in [0.25, 0.3) is 10.3 Å². The Hall–Kier alpha value is -0.560. The number of pyridine rings is 1. The lowest BCUT2D eigenvalue weighted by atomic mass is 10.2. The number of ketones is 1. The first-order chi connectivity index (χ1) is 6.18.